The molecule has 12 nitrogen and oxygen atoms in total. The van der Waals surface area contributed by atoms with E-state index < -0.39 is 5.91 Å². The Morgan fingerprint density at radius 1 is 1.20 bits per heavy atom. The van der Waals surface area contributed by atoms with Crippen molar-refractivity contribution in [3.05, 3.63) is 83.2 Å². The van der Waals surface area contributed by atoms with Crippen molar-refractivity contribution < 1.29 is 19.4 Å². The van der Waals surface area contributed by atoms with Gasteiger partial charge in [-0.3, -0.25) is 14.0 Å². The van der Waals surface area contributed by atoms with Gasteiger partial charge in [0.15, 0.2) is 11.5 Å². The number of imidazole rings is 1. The van der Waals surface area contributed by atoms with Gasteiger partial charge in [0.2, 0.25) is 11.9 Å². The zero-order valence-electron chi connectivity index (χ0n) is 22.1. The Hall–Kier alpha value is -4.65. The maximum Gasteiger partial charge on any atom is 0.256 e. The first kappa shape index (κ1) is 27.9. The molecule has 2 aromatic heterocycles. The third-order valence-electron chi connectivity index (χ3n) is 6.58. The summed E-state index contributed by atoms with van der Waals surface area (Å²) in [5.74, 6) is -0.477. The van der Waals surface area contributed by atoms with Crippen LogP contribution in [-0.2, 0) is 22.7 Å². The number of carbonyl (C=O) groups is 2. The SMILES string of the molecule is C=CC(=O)Nc1cc(CNc2nc(Nc3ccc(N4CCOCC4)c(CO)c3)c(C(N)=O)c3nccn23)ccc1Cl. The number of nitrogens with two attached hydrogens (primary N) is 1. The number of hydrogen-bond donors (Lipinski definition) is 5. The van der Waals surface area contributed by atoms with Crippen LogP contribution in [0.3, 0.4) is 0 Å². The Morgan fingerprint density at radius 3 is 2.73 bits per heavy atom. The van der Waals surface area contributed by atoms with Gasteiger partial charge >= 0.3 is 0 Å². The minimum Gasteiger partial charge on any atom is -0.392 e. The molecule has 2 aromatic carbocycles. The van der Waals surface area contributed by atoms with Crippen LogP contribution in [0, 0.1) is 0 Å². The molecule has 212 valence electrons. The molecular weight excluding hydrogens is 548 g/mol. The number of aliphatic hydroxyl groups excluding tert-OH is 1. The molecule has 2 amide bonds. The van der Waals surface area contributed by atoms with Crippen LogP contribution in [0.15, 0.2) is 61.4 Å². The second-order valence-electron chi connectivity index (χ2n) is 9.23. The monoisotopic (exact) mass is 576 g/mol. The van der Waals surface area contributed by atoms with Crippen molar-refractivity contribution >= 4 is 57.9 Å². The number of anilines is 5. The van der Waals surface area contributed by atoms with Crippen molar-refractivity contribution in [2.24, 2.45) is 5.73 Å². The normalized spacial score (nSPS) is 13.2. The third kappa shape index (κ3) is 6.09. The average molecular weight is 577 g/mol. The third-order valence-corrected chi connectivity index (χ3v) is 6.91. The van der Waals surface area contributed by atoms with Crippen LogP contribution in [0.25, 0.3) is 5.65 Å². The van der Waals surface area contributed by atoms with Gasteiger partial charge in [0.05, 0.1) is 30.5 Å². The van der Waals surface area contributed by atoms with E-state index in [4.69, 9.17) is 22.1 Å². The number of nitrogens with zero attached hydrogens (tertiary/aromatic N) is 4. The van der Waals surface area contributed by atoms with E-state index in [-0.39, 0.29) is 23.9 Å². The van der Waals surface area contributed by atoms with E-state index in [1.165, 1.54) is 0 Å². The molecule has 1 aliphatic heterocycles. The number of aliphatic hydroxyl groups is 1. The summed E-state index contributed by atoms with van der Waals surface area (Å²) >= 11 is 6.23. The number of fused-ring (bicyclic) bond motifs is 1. The zero-order chi connectivity index (χ0) is 28.9. The van der Waals surface area contributed by atoms with E-state index in [1.807, 2.05) is 24.3 Å². The number of primary amides is 1. The van der Waals surface area contributed by atoms with Gasteiger partial charge in [0, 0.05) is 49.0 Å². The van der Waals surface area contributed by atoms with Gasteiger partial charge in [-0.15, -0.1) is 0 Å². The molecule has 13 heteroatoms. The number of nitrogens with one attached hydrogen (secondary N) is 3. The minimum atomic E-state index is -0.699. The predicted octanol–water partition coefficient (Wildman–Crippen LogP) is 3.29. The van der Waals surface area contributed by atoms with E-state index in [0.717, 1.165) is 36.0 Å². The lowest BCUT2D eigenvalue weighted by molar-refractivity contribution is -0.111. The maximum atomic E-state index is 12.5. The fourth-order valence-electron chi connectivity index (χ4n) is 4.61. The Kier molecular flexibility index (Phi) is 8.34. The zero-order valence-corrected chi connectivity index (χ0v) is 22.8. The standard InChI is InChI=1S/C28H29ClN8O4/c1-2-23(39)34-21-13-17(3-5-20(21)29)15-32-28-35-26(24(25(30)40)27-31-7-8-37(27)28)33-19-4-6-22(18(14-19)16-38)36-9-11-41-12-10-36/h2-8,13-14,33,38H,1,9-12,15-16H2,(H2,30,40)(H,32,35)(H,34,39). The van der Waals surface area contributed by atoms with Crippen LogP contribution in [-0.4, -0.2) is 57.6 Å². The second kappa shape index (κ2) is 12.3. The molecular formula is C28H29ClN8O4. The smallest absolute Gasteiger partial charge is 0.256 e. The largest absolute Gasteiger partial charge is 0.392 e. The fourth-order valence-corrected chi connectivity index (χ4v) is 4.77. The number of benzene rings is 2. The molecule has 0 unspecified atom stereocenters. The van der Waals surface area contributed by atoms with Crippen LogP contribution >= 0.6 is 11.6 Å². The summed E-state index contributed by atoms with van der Waals surface area (Å²) < 4.78 is 7.07. The number of hydrogen-bond acceptors (Lipinski definition) is 9. The van der Waals surface area contributed by atoms with E-state index in [1.54, 1.807) is 28.9 Å². The molecule has 0 atom stereocenters. The highest BCUT2D eigenvalue weighted by molar-refractivity contribution is 6.33. The molecule has 41 heavy (non-hydrogen) atoms. The van der Waals surface area contributed by atoms with Gasteiger partial charge in [0.25, 0.3) is 5.91 Å². The van der Waals surface area contributed by atoms with Gasteiger partial charge in [0.1, 0.15) is 5.56 Å². The summed E-state index contributed by atoms with van der Waals surface area (Å²) in [5, 5.41) is 19.6. The van der Waals surface area contributed by atoms with Crippen LogP contribution in [0.5, 0.6) is 0 Å². The van der Waals surface area contributed by atoms with Crippen molar-refractivity contribution in [1.29, 1.82) is 0 Å². The topological polar surface area (TPSA) is 159 Å². The summed E-state index contributed by atoms with van der Waals surface area (Å²) in [5.41, 5.74) is 9.71. The fraction of sp³-hybridized carbons (Fsp3) is 0.214. The number of ether oxygens (including phenoxy) is 1. The summed E-state index contributed by atoms with van der Waals surface area (Å²) in [6.45, 7) is 6.31. The molecule has 0 spiro atoms. The van der Waals surface area contributed by atoms with E-state index >= 15 is 0 Å². The van der Waals surface area contributed by atoms with Crippen molar-refractivity contribution in [2.75, 3.05) is 47.2 Å². The van der Waals surface area contributed by atoms with Crippen LogP contribution in [0.2, 0.25) is 5.02 Å². The van der Waals surface area contributed by atoms with Gasteiger partial charge in [-0.25, -0.2) is 4.98 Å². The first-order valence-electron chi connectivity index (χ1n) is 12.8. The van der Waals surface area contributed by atoms with Crippen molar-refractivity contribution in [3.8, 4) is 0 Å². The molecule has 1 aliphatic rings. The van der Waals surface area contributed by atoms with Gasteiger partial charge < -0.3 is 36.4 Å². The lowest BCUT2D eigenvalue weighted by Gasteiger charge is -2.30. The first-order valence-corrected chi connectivity index (χ1v) is 13.2. The summed E-state index contributed by atoms with van der Waals surface area (Å²) in [4.78, 5) is 35.5. The molecule has 0 aliphatic carbocycles. The number of rotatable bonds is 10. The minimum absolute atomic E-state index is 0.115. The van der Waals surface area contributed by atoms with Gasteiger partial charge in [-0.2, -0.15) is 4.98 Å². The van der Waals surface area contributed by atoms with Gasteiger partial charge in [-0.05, 0) is 42.0 Å². The molecule has 4 aromatic rings. The molecule has 3 heterocycles. The lowest BCUT2D eigenvalue weighted by atomic mass is 10.1. The summed E-state index contributed by atoms with van der Waals surface area (Å²) in [6, 6.07) is 10.8. The Labute approximate surface area is 240 Å². The maximum absolute atomic E-state index is 12.5. The molecule has 6 N–H and O–H groups in total. The van der Waals surface area contributed by atoms with E-state index in [2.05, 4.69) is 37.4 Å². The van der Waals surface area contributed by atoms with E-state index in [9.17, 15) is 14.7 Å². The second-order valence-corrected chi connectivity index (χ2v) is 9.64. The number of aromatic nitrogens is 3. The van der Waals surface area contributed by atoms with Crippen molar-refractivity contribution in [1.82, 2.24) is 14.4 Å². The highest BCUT2D eigenvalue weighted by Crippen LogP contribution is 2.30. The highest BCUT2D eigenvalue weighted by Gasteiger charge is 2.21. The number of morpholine rings is 1. The molecule has 5 rings (SSSR count). The predicted molar refractivity (Wildman–Crippen MR) is 158 cm³/mol. The average Bonchev–Trinajstić information content (AvgIpc) is 3.47. The Balaban J connectivity index is 1.45. The molecule has 1 saturated heterocycles. The Bertz CT molecular complexity index is 1620. The number of carbonyl (C=O) groups excluding carboxylic acids is 2. The molecule has 0 radical (unpaired) electrons. The van der Waals surface area contributed by atoms with Crippen molar-refractivity contribution in [3.63, 3.8) is 0 Å². The number of halogens is 1. The molecule has 0 bridgehead atoms. The van der Waals surface area contributed by atoms with Crippen LogP contribution < -0.4 is 26.6 Å². The first-order chi connectivity index (χ1) is 19.9. The van der Waals surface area contributed by atoms with Crippen molar-refractivity contribution in [2.45, 2.75) is 13.2 Å². The summed E-state index contributed by atoms with van der Waals surface area (Å²) in [7, 11) is 0. The highest BCUT2D eigenvalue weighted by atomic mass is 35.5. The quantitative estimate of drug-likeness (QED) is 0.178. The summed E-state index contributed by atoms with van der Waals surface area (Å²) in [6.07, 6.45) is 4.37. The van der Waals surface area contributed by atoms with E-state index in [0.29, 0.717) is 47.8 Å². The number of amides is 2. The Morgan fingerprint density at radius 2 is 2.00 bits per heavy atom. The lowest BCUT2D eigenvalue weighted by Crippen LogP contribution is -2.36. The molecule has 1 fully saturated rings. The molecule has 0 saturated carbocycles. The van der Waals surface area contributed by atoms with Crippen LogP contribution in [0.4, 0.5) is 28.8 Å². The van der Waals surface area contributed by atoms with Gasteiger partial charge in [-0.1, -0.05) is 24.2 Å². The van der Waals surface area contributed by atoms with Crippen LogP contribution in [0.1, 0.15) is 21.5 Å².